The highest BCUT2D eigenvalue weighted by Gasteiger charge is 2.40. The molecule has 4 amide bonds. The molecule has 2 aliphatic heterocycles. The number of para-hydroxylation sites is 1. The first-order valence-electron chi connectivity index (χ1n) is 14.2. The summed E-state index contributed by atoms with van der Waals surface area (Å²) in [6.07, 6.45) is 7.10. The Hall–Kier alpha value is -6.08. The van der Waals surface area contributed by atoms with Crippen molar-refractivity contribution < 1.29 is 23.9 Å². The summed E-state index contributed by atoms with van der Waals surface area (Å²) < 4.78 is 5.93. The minimum atomic E-state index is -0.545. The number of allylic oxidation sites excluding steroid dienone is 4. The van der Waals surface area contributed by atoms with Gasteiger partial charge in [-0.15, -0.1) is 0 Å². The van der Waals surface area contributed by atoms with Crippen LogP contribution in [0.4, 0.5) is 11.4 Å². The number of benzene rings is 5. The summed E-state index contributed by atoms with van der Waals surface area (Å²) in [5.74, 6) is -1.02. The highest BCUT2D eigenvalue weighted by Crippen LogP contribution is 2.41. The monoisotopic (exact) mass is 574 g/mol. The van der Waals surface area contributed by atoms with E-state index in [9.17, 15) is 19.2 Å². The predicted octanol–water partition coefficient (Wildman–Crippen LogP) is 7.58. The highest BCUT2D eigenvalue weighted by molar-refractivity contribution is 6.42. The largest absolute Gasteiger partial charge is 0.457 e. The van der Waals surface area contributed by atoms with Crippen molar-refractivity contribution in [3.63, 3.8) is 0 Å². The Balaban J connectivity index is 1.17. The van der Waals surface area contributed by atoms with Crippen LogP contribution in [-0.4, -0.2) is 23.6 Å². The average molecular weight is 575 g/mol. The molecule has 0 N–H and O–H groups in total. The summed E-state index contributed by atoms with van der Waals surface area (Å²) in [5.41, 5.74) is 3.89. The fraction of sp³-hybridized carbons (Fsp3) is 0.0270. The number of nitrogens with zero attached hydrogens (tertiary/aromatic N) is 2. The van der Waals surface area contributed by atoms with Gasteiger partial charge in [0.25, 0.3) is 23.6 Å². The minimum Gasteiger partial charge on any atom is -0.457 e. The highest BCUT2D eigenvalue weighted by atomic mass is 16.5. The van der Waals surface area contributed by atoms with Crippen LogP contribution in [0, 0.1) is 0 Å². The molecule has 0 aromatic heterocycles. The van der Waals surface area contributed by atoms with Gasteiger partial charge in [-0.3, -0.25) is 19.2 Å². The molecule has 1 aliphatic carbocycles. The minimum absolute atomic E-state index is 0.242. The molecule has 0 spiro atoms. The summed E-state index contributed by atoms with van der Waals surface area (Å²) in [6, 6.07) is 29.5. The molecule has 3 aliphatic rings. The fourth-order valence-electron chi connectivity index (χ4n) is 6.13. The summed E-state index contributed by atoms with van der Waals surface area (Å²) >= 11 is 0. The topological polar surface area (TPSA) is 84.0 Å². The predicted molar refractivity (Wildman–Crippen MR) is 167 cm³/mol. The lowest BCUT2D eigenvalue weighted by Gasteiger charge is -2.32. The van der Waals surface area contributed by atoms with Gasteiger partial charge in [-0.05, 0) is 78.2 Å². The summed E-state index contributed by atoms with van der Waals surface area (Å²) in [4.78, 5) is 57.6. The van der Waals surface area contributed by atoms with E-state index >= 15 is 0 Å². The maximum absolute atomic E-state index is 13.9. The summed E-state index contributed by atoms with van der Waals surface area (Å²) in [7, 11) is 0. The van der Waals surface area contributed by atoms with Crippen molar-refractivity contribution in [2.75, 3.05) is 9.80 Å². The third-order valence-corrected chi connectivity index (χ3v) is 8.18. The Kier molecular flexibility index (Phi) is 5.67. The number of amides is 4. The molecule has 5 aromatic carbocycles. The van der Waals surface area contributed by atoms with Gasteiger partial charge in [-0.1, -0.05) is 54.6 Å². The lowest BCUT2D eigenvalue weighted by atomic mass is 9.85. The third-order valence-electron chi connectivity index (χ3n) is 8.18. The lowest BCUT2D eigenvalue weighted by Crippen LogP contribution is -2.43. The van der Waals surface area contributed by atoms with Crippen molar-refractivity contribution in [3.8, 4) is 11.5 Å². The SMILES string of the molecule is O=C1c2ccc3c4c(ccc(c24)C(=O)N1c1ccc(C2=CCC=C2)cc1)C(=O)N(c1cccc(Oc2ccccc2)c1)C3=O. The van der Waals surface area contributed by atoms with Gasteiger partial charge in [0.1, 0.15) is 11.5 Å². The Bertz CT molecular complexity index is 2070. The van der Waals surface area contributed by atoms with Gasteiger partial charge in [-0.25, -0.2) is 9.80 Å². The van der Waals surface area contributed by atoms with Gasteiger partial charge in [0.05, 0.1) is 11.4 Å². The van der Waals surface area contributed by atoms with Crippen LogP contribution in [0.3, 0.4) is 0 Å². The Labute approximate surface area is 251 Å². The molecule has 5 aromatic rings. The number of hydrogen-bond acceptors (Lipinski definition) is 5. The molecule has 0 saturated heterocycles. The van der Waals surface area contributed by atoms with E-state index in [0.717, 1.165) is 27.4 Å². The molecule has 7 nitrogen and oxygen atoms in total. The standard InChI is InChI=1S/C37H22N2O5/c40-34-28-17-19-30-33-31(37(43)39(36(30)42)25-9-6-12-27(21-25)44-26-10-2-1-3-11-26)20-18-29(32(28)33)35(41)38(34)24-15-13-23(14-16-24)22-7-4-5-8-22/h1-4,6-21H,5H2. The molecule has 0 fully saturated rings. The molecular formula is C37H22N2O5. The number of carbonyl (C=O) groups excluding carboxylic acids is 4. The maximum Gasteiger partial charge on any atom is 0.265 e. The van der Waals surface area contributed by atoms with Crippen LogP contribution in [0.25, 0.3) is 16.3 Å². The second-order valence-corrected chi connectivity index (χ2v) is 10.7. The molecule has 0 saturated carbocycles. The normalized spacial score (nSPS) is 15.3. The van der Waals surface area contributed by atoms with Crippen LogP contribution >= 0.6 is 0 Å². The Morgan fingerprint density at radius 1 is 0.523 bits per heavy atom. The van der Waals surface area contributed by atoms with Crippen LogP contribution < -0.4 is 14.5 Å². The van der Waals surface area contributed by atoms with Gasteiger partial charge in [0.2, 0.25) is 0 Å². The van der Waals surface area contributed by atoms with Crippen molar-refractivity contribution >= 4 is 51.3 Å². The van der Waals surface area contributed by atoms with E-state index < -0.39 is 23.6 Å². The number of imide groups is 2. The van der Waals surface area contributed by atoms with Gasteiger partial charge in [0, 0.05) is 39.1 Å². The molecule has 8 rings (SSSR count). The maximum atomic E-state index is 13.9. The van der Waals surface area contributed by atoms with Crippen molar-refractivity contribution in [2.45, 2.75) is 6.42 Å². The molecule has 210 valence electrons. The lowest BCUT2D eigenvalue weighted by molar-refractivity contribution is 0.0873. The molecular weight excluding hydrogens is 552 g/mol. The second-order valence-electron chi connectivity index (χ2n) is 10.7. The third kappa shape index (κ3) is 3.83. The number of anilines is 2. The molecule has 0 atom stereocenters. The first-order valence-corrected chi connectivity index (χ1v) is 14.2. The van der Waals surface area contributed by atoms with Crippen LogP contribution in [0.15, 0.2) is 121 Å². The Morgan fingerprint density at radius 2 is 1.07 bits per heavy atom. The fourth-order valence-corrected chi connectivity index (χ4v) is 6.13. The molecule has 44 heavy (non-hydrogen) atoms. The first-order chi connectivity index (χ1) is 21.5. The van der Waals surface area contributed by atoms with E-state index in [1.54, 1.807) is 60.7 Å². The first kappa shape index (κ1) is 25.6. The zero-order valence-electron chi connectivity index (χ0n) is 23.2. The van der Waals surface area contributed by atoms with E-state index in [1.165, 1.54) is 0 Å². The molecule has 7 heteroatoms. The van der Waals surface area contributed by atoms with Crippen molar-refractivity contribution in [3.05, 3.63) is 149 Å². The summed E-state index contributed by atoms with van der Waals surface area (Å²) in [5, 5.41) is 0.645. The van der Waals surface area contributed by atoms with Crippen molar-refractivity contribution in [1.29, 1.82) is 0 Å². The molecule has 0 bridgehead atoms. The number of ether oxygens (including phenoxy) is 1. The molecule has 0 unspecified atom stereocenters. The van der Waals surface area contributed by atoms with E-state index in [-0.39, 0.29) is 22.3 Å². The van der Waals surface area contributed by atoms with E-state index in [1.807, 2.05) is 48.5 Å². The van der Waals surface area contributed by atoms with Gasteiger partial charge >= 0.3 is 0 Å². The van der Waals surface area contributed by atoms with Gasteiger partial charge < -0.3 is 4.74 Å². The molecule has 0 radical (unpaired) electrons. The zero-order chi connectivity index (χ0) is 29.9. The Morgan fingerprint density at radius 3 is 1.61 bits per heavy atom. The van der Waals surface area contributed by atoms with Gasteiger partial charge in [0.15, 0.2) is 0 Å². The number of rotatable bonds is 5. The van der Waals surface area contributed by atoms with E-state index in [2.05, 4.69) is 12.2 Å². The second kappa shape index (κ2) is 9.74. The van der Waals surface area contributed by atoms with Crippen molar-refractivity contribution in [1.82, 2.24) is 0 Å². The number of hydrogen-bond donors (Lipinski definition) is 0. The average Bonchev–Trinajstić information content (AvgIpc) is 3.59. The van der Waals surface area contributed by atoms with Gasteiger partial charge in [-0.2, -0.15) is 0 Å². The van der Waals surface area contributed by atoms with Crippen LogP contribution in [-0.2, 0) is 0 Å². The van der Waals surface area contributed by atoms with E-state index in [0.29, 0.717) is 33.6 Å². The quantitative estimate of drug-likeness (QED) is 0.202. The zero-order valence-corrected chi connectivity index (χ0v) is 23.2. The molecule has 2 heterocycles. The summed E-state index contributed by atoms with van der Waals surface area (Å²) in [6.45, 7) is 0. The van der Waals surface area contributed by atoms with Crippen LogP contribution in [0.2, 0.25) is 0 Å². The van der Waals surface area contributed by atoms with Crippen LogP contribution in [0.1, 0.15) is 53.4 Å². The van der Waals surface area contributed by atoms with E-state index in [4.69, 9.17) is 4.74 Å². The smallest absolute Gasteiger partial charge is 0.265 e. The van der Waals surface area contributed by atoms with Crippen molar-refractivity contribution in [2.24, 2.45) is 0 Å². The van der Waals surface area contributed by atoms with Crippen LogP contribution in [0.5, 0.6) is 11.5 Å². The number of carbonyl (C=O) groups is 4.